The van der Waals surface area contributed by atoms with Gasteiger partial charge in [-0.3, -0.25) is 10.1 Å². The second-order valence-corrected chi connectivity index (χ2v) is 6.89. The van der Waals surface area contributed by atoms with Gasteiger partial charge in [-0.1, -0.05) is 6.92 Å². The average Bonchev–Trinajstić information content (AvgIpc) is 2.35. The highest BCUT2D eigenvalue weighted by molar-refractivity contribution is 7.99. The van der Waals surface area contributed by atoms with E-state index in [1.54, 1.807) is 0 Å². The van der Waals surface area contributed by atoms with Crippen molar-refractivity contribution in [3.63, 3.8) is 0 Å². The summed E-state index contributed by atoms with van der Waals surface area (Å²) in [6.07, 6.45) is 1.85. The molecule has 0 aliphatic rings. The van der Waals surface area contributed by atoms with E-state index in [1.165, 1.54) is 17.8 Å². The highest BCUT2D eigenvalue weighted by Crippen LogP contribution is 2.25. The van der Waals surface area contributed by atoms with E-state index in [1.807, 2.05) is 13.2 Å². The van der Waals surface area contributed by atoms with Gasteiger partial charge in [0, 0.05) is 23.5 Å². The number of nitrogens with zero attached hydrogens (tertiary/aromatic N) is 1. The summed E-state index contributed by atoms with van der Waals surface area (Å²) in [6, 6.07) is 3.47. The van der Waals surface area contributed by atoms with Gasteiger partial charge < -0.3 is 5.73 Å². The smallest absolute Gasteiger partial charge is 0.289 e. The third-order valence-corrected chi connectivity index (χ3v) is 4.86. The fraction of sp³-hybridized carbons (Fsp3) is 0.400. The van der Waals surface area contributed by atoms with Crippen LogP contribution in [-0.2, 0) is 10.0 Å². The Hall–Kier alpha value is -1.32. The molecule has 9 heteroatoms. The molecule has 0 radical (unpaired) electrons. The summed E-state index contributed by atoms with van der Waals surface area (Å²) in [4.78, 5) is 9.69. The Morgan fingerprint density at radius 1 is 1.53 bits per heavy atom. The highest BCUT2D eigenvalue weighted by Gasteiger charge is 2.26. The number of nitrogens with two attached hydrogens (primary N) is 1. The summed E-state index contributed by atoms with van der Waals surface area (Å²) < 4.78 is 26.4. The highest BCUT2D eigenvalue weighted by atomic mass is 32.2. The number of nitro groups is 1. The van der Waals surface area contributed by atoms with Crippen LogP contribution in [0.4, 0.5) is 11.4 Å². The molecule has 0 amide bonds. The molecule has 1 aromatic carbocycles. The minimum Gasteiger partial charge on any atom is -0.399 e. The maximum atomic E-state index is 12.0. The normalized spacial score (nSPS) is 13.2. The van der Waals surface area contributed by atoms with E-state index in [-0.39, 0.29) is 17.5 Å². The Morgan fingerprint density at radius 2 is 2.16 bits per heavy atom. The van der Waals surface area contributed by atoms with E-state index < -0.39 is 25.5 Å². The number of nitrogens with one attached hydrogen (secondary N) is 1. The molecule has 1 aromatic rings. The molecule has 0 spiro atoms. The van der Waals surface area contributed by atoms with Crippen LogP contribution in [0.15, 0.2) is 23.1 Å². The minimum atomic E-state index is -3.95. The number of anilines is 1. The van der Waals surface area contributed by atoms with Gasteiger partial charge in [0.1, 0.15) is 0 Å². The first kappa shape index (κ1) is 15.7. The predicted molar refractivity (Wildman–Crippen MR) is 75.7 cm³/mol. The van der Waals surface area contributed by atoms with Crippen LogP contribution in [0.25, 0.3) is 0 Å². The average molecular weight is 305 g/mol. The minimum absolute atomic E-state index is 0.0647. The van der Waals surface area contributed by atoms with Gasteiger partial charge in [0.25, 0.3) is 5.69 Å². The molecule has 0 saturated heterocycles. The van der Waals surface area contributed by atoms with Crippen molar-refractivity contribution in [1.82, 2.24) is 4.72 Å². The molecular weight excluding hydrogens is 290 g/mol. The summed E-state index contributed by atoms with van der Waals surface area (Å²) in [5.41, 5.74) is 5.16. The van der Waals surface area contributed by atoms with Crippen molar-refractivity contribution in [2.24, 2.45) is 0 Å². The standard InChI is InChI=1S/C10H15N3O4S2/c1-7(18-2)6-12-19(16,17)10-5-8(11)3-4-9(10)13(14)15/h3-5,7,12H,6,11H2,1-2H3. The monoisotopic (exact) mass is 305 g/mol. The Balaban J connectivity index is 3.13. The first-order valence-electron chi connectivity index (χ1n) is 5.34. The molecule has 1 atom stereocenters. The van der Waals surface area contributed by atoms with Crippen LogP contribution < -0.4 is 10.5 Å². The Kier molecular flexibility index (Phi) is 5.15. The molecule has 0 saturated carbocycles. The molecule has 7 nitrogen and oxygen atoms in total. The number of nitrogen functional groups attached to an aromatic ring is 1. The van der Waals surface area contributed by atoms with Crippen LogP contribution in [0.3, 0.4) is 0 Å². The molecule has 3 N–H and O–H groups in total. The van der Waals surface area contributed by atoms with Crippen molar-refractivity contribution in [2.45, 2.75) is 17.1 Å². The first-order valence-corrected chi connectivity index (χ1v) is 8.11. The maximum absolute atomic E-state index is 12.0. The quantitative estimate of drug-likeness (QED) is 0.463. The second-order valence-electron chi connectivity index (χ2n) is 3.88. The fourth-order valence-corrected chi connectivity index (χ4v) is 2.97. The van der Waals surface area contributed by atoms with Crippen LogP contribution in [0.5, 0.6) is 0 Å². The van der Waals surface area contributed by atoms with Gasteiger partial charge >= 0.3 is 0 Å². The summed E-state index contributed by atoms with van der Waals surface area (Å²) in [5, 5.41) is 10.9. The molecule has 1 unspecified atom stereocenters. The number of thioether (sulfide) groups is 1. The third kappa shape index (κ3) is 4.08. The van der Waals surface area contributed by atoms with Crippen molar-refractivity contribution in [1.29, 1.82) is 0 Å². The second kappa shape index (κ2) is 6.22. The molecular formula is C10H15N3O4S2. The number of sulfonamides is 1. The summed E-state index contributed by atoms with van der Waals surface area (Å²) in [5.74, 6) is 0. The van der Waals surface area contributed by atoms with Crippen LogP contribution in [0.1, 0.15) is 6.92 Å². The van der Waals surface area contributed by atoms with Gasteiger partial charge in [-0.2, -0.15) is 11.8 Å². The zero-order valence-electron chi connectivity index (χ0n) is 10.5. The lowest BCUT2D eigenvalue weighted by Gasteiger charge is -2.11. The van der Waals surface area contributed by atoms with Crippen LogP contribution in [0, 0.1) is 10.1 Å². The lowest BCUT2D eigenvalue weighted by atomic mass is 10.3. The van der Waals surface area contributed by atoms with E-state index in [2.05, 4.69) is 4.72 Å². The van der Waals surface area contributed by atoms with E-state index in [4.69, 9.17) is 5.73 Å². The molecule has 1 rings (SSSR count). The van der Waals surface area contributed by atoms with Gasteiger partial charge in [0.15, 0.2) is 4.90 Å². The van der Waals surface area contributed by atoms with Gasteiger partial charge in [-0.25, -0.2) is 13.1 Å². The maximum Gasteiger partial charge on any atom is 0.289 e. The molecule has 106 valence electrons. The topological polar surface area (TPSA) is 115 Å². The number of benzene rings is 1. The predicted octanol–water partition coefficient (Wildman–Crippen LogP) is 1.21. The van der Waals surface area contributed by atoms with E-state index >= 15 is 0 Å². The SMILES string of the molecule is CSC(C)CNS(=O)(=O)c1cc(N)ccc1[N+](=O)[O-]. The van der Waals surface area contributed by atoms with Gasteiger partial charge in [0.2, 0.25) is 10.0 Å². The first-order chi connectivity index (χ1) is 8.77. The largest absolute Gasteiger partial charge is 0.399 e. The number of hydrogen-bond acceptors (Lipinski definition) is 6. The van der Waals surface area contributed by atoms with Crippen molar-refractivity contribution in [3.05, 3.63) is 28.3 Å². The Morgan fingerprint density at radius 3 is 2.68 bits per heavy atom. The Labute approximate surface area is 115 Å². The Bertz CT molecular complexity index is 574. The zero-order chi connectivity index (χ0) is 14.6. The third-order valence-electron chi connectivity index (χ3n) is 2.43. The van der Waals surface area contributed by atoms with Gasteiger partial charge in [-0.15, -0.1) is 0 Å². The summed E-state index contributed by atoms with van der Waals surface area (Å²) in [7, 11) is -3.95. The van der Waals surface area contributed by atoms with E-state index in [9.17, 15) is 18.5 Å². The number of nitro benzene ring substituents is 1. The lowest BCUT2D eigenvalue weighted by molar-refractivity contribution is -0.387. The molecule has 0 fully saturated rings. The van der Waals surface area contributed by atoms with Gasteiger partial charge in [-0.05, 0) is 18.4 Å². The van der Waals surface area contributed by atoms with Crippen molar-refractivity contribution in [3.8, 4) is 0 Å². The lowest BCUT2D eigenvalue weighted by Crippen LogP contribution is -2.30. The molecule has 0 bridgehead atoms. The fourth-order valence-electron chi connectivity index (χ4n) is 1.28. The number of rotatable bonds is 6. The molecule has 19 heavy (non-hydrogen) atoms. The molecule has 0 heterocycles. The number of hydrogen-bond donors (Lipinski definition) is 2. The molecule has 0 aromatic heterocycles. The van der Waals surface area contributed by atoms with E-state index in [0.29, 0.717) is 0 Å². The summed E-state index contributed by atoms with van der Waals surface area (Å²) in [6.45, 7) is 2.04. The summed E-state index contributed by atoms with van der Waals surface area (Å²) >= 11 is 1.49. The van der Waals surface area contributed by atoms with Crippen molar-refractivity contribution < 1.29 is 13.3 Å². The van der Waals surface area contributed by atoms with Crippen molar-refractivity contribution in [2.75, 3.05) is 18.5 Å². The molecule has 0 aliphatic carbocycles. The van der Waals surface area contributed by atoms with Crippen LogP contribution >= 0.6 is 11.8 Å². The van der Waals surface area contributed by atoms with Crippen LogP contribution in [-0.4, -0.2) is 31.4 Å². The van der Waals surface area contributed by atoms with E-state index in [0.717, 1.165) is 12.1 Å². The zero-order valence-corrected chi connectivity index (χ0v) is 12.1. The molecule has 0 aliphatic heterocycles. The van der Waals surface area contributed by atoms with Crippen LogP contribution in [0.2, 0.25) is 0 Å². The van der Waals surface area contributed by atoms with Crippen molar-refractivity contribution >= 4 is 33.2 Å². The van der Waals surface area contributed by atoms with Gasteiger partial charge in [0.05, 0.1) is 4.92 Å².